The number of ether oxygens (including phenoxy) is 4. The number of unbranched alkanes of at least 4 members (excludes halogenated alkanes) is 4. The minimum Gasteiger partial charge on any atom is -0.493 e. The predicted octanol–water partition coefficient (Wildman–Crippen LogP) is -7.90. The van der Waals surface area contributed by atoms with Crippen molar-refractivity contribution in [1.82, 2.24) is 78.4 Å². The van der Waals surface area contributed by atoms with Crippen LogP contribution >= 0.6 is 0 Å². The third-order valence-corrected chi connectivity index (χ3v) is 29.9. The van der Waals surface area contributed by atoms with Gasteiger partial charge in [0.2, 0.25) is 0 Å². The van der Waals surface area contributed by atoms with E-state index in [0.717, 1.165) is 0 Å². The number of hydrogen-bond acceptors (Lipinski definition) is 36. The second-order valence-electron chi connectivity index (χ2n) is 35.4. The third kappa shape index (κ3) is 19.4. The first-order valence-electron chi connectivity index (χ1n) is 42.4. The highest BCUT2D eigenvalue weighted by Gasteiger charge is 2.80. The molecule has 11 saturated heterocycles. The Morgan fingerprint density at radius 1 is 0.276 bits per heavy atom. The monoisotopic (exact) mass is 1990 g/mol. The van der Waals surface area contributed by atoms with Crippen LogP contribution in [0.4, 0.5) is 38.4 Å². The molecule has 24 N–H and O–H groups in total. The van der Waals surface area contributed by atoms with E-state index < -0.39 is 300 Å². The number of nitrogens with zero attached hydrogens (tertiary/aromatic N) is 16. The minimum atomic E-state index is -4.28. The molecule has 13 heterocycles. The molecule has 0 unspecified atom stereocenters. The van der Waals surface area contributed by atoms with Crippen molar-refractivity contribution < 1.29 is 170 Å². The quantitative estimate of drug-likeness (QED) is 0.0223. The Kier molecular flexibility index (Phi) is 31.2. The lowest BCUT2D eigenvalue weighted by Crippen LogP contribution is -2.69. The van der Waals surface area contributed by atoms with Gasteiger partial charge in [0.25, 0.3) is 40.5 Å². The van der Waals surface area contributed by atoms with Crippen LogP contribution in [0.5, 0.6) is 23.0 Å². The van der Waals surface area contributed by atoms with Crippen LogP contribution in [0.3, 0.4) is 0 Å². The van der Waals surface area contributed by atoms with Crippen molar-refractivity contribution in [3.63, 3.8) is 0 Å². The van der Waals surface area contributed by atoms with Crippen LogP contribution in [-0.2, 0) is 66.7 Å². The maximum atomic E-state index is 15.7. The molecule has 0 aliphatic carbocycles. The average molecular weight is 1990 g/mol. The number of rotatable bonds is 36. The standard InChI is InChI=1S/C58H76N16O24S4.4C4H11NO3/c1-55-57(3)71-31-63-45-43-59(47(63)75)29-61-44-46-65(49(61)77)33-73-53(81)69-27-37-38(42(98-20-8-12-24-102(92,93)94)16-15-41(37)97-19-7-11-23-101(89,90)91)28-70-54(82)74(58(73,4)56(69,70)2)34-66(46)50(78)62(44)30-60(43)48(76)64(45)32-72(57)52(80)68(55)26-36-35(25-67(55)51(71)79)39(95-17-5-9-21-99(83,84)85)13-14-40(36)96-18-6-10-22-100(86,87)88;4*5-4(1-6,2-7)3-8/h13-16,43-46H,5-12,17-34H2,1-4H3,(H,83,84,85)(H,86,87,88)(H,89,90,91)(H,92,93,94);4*6-8H,1-3,5H2. The Morgan fingerprint density at radius 3 is 0.582 bits per heavy atom. The van der Waals surface area contributed by atoms with Gasteiger partial charge in [-0.25, -0.2) is 38.4 Å². The van der Waals surface area contributed by atoms with Crippen molar-refractivity contribution in [3.05, 3.63) is 46.5 Å². The Hall–Kier alpha value is -9.20. The molecule has 13 aliphatic heterocycles. The molecule has 2 aromatic rings. The predicted molar refractivity (Wildman–Crippen MR) is 456 cm³/mol. The summed E-state index contributed by atoms with van der Waals surface area (Å²) < 4.78 is 155. The molecule has 60 heteroatoms. The summed E-state index contributed by atoms with van der Waals surface area (Å²) in [5, 5.41) is 100. The van der Waals surface area contributed by atoms with Gasteiger partial charge in [0.05, 0.1) is 177 Å². The van der Waals surface area contributed by atoms with E-state index in [1.807, 2.05) is 0 Å². The van der Waals surface area contributed by atoms with Crippen molar-refractivity contribution in [2.24, 2.45) is 22.9 Å². The molecule has 16 amide bonds. The first kappa shape index (κ1) is 105. The van der Waals surface area contributed by atoms with Crippen LogP contribution in [0, 0.1) is 0 Å². The summed E-state index contributed by atoms with van der Waals surface area (Å²) in [5.74, 6) is -1.13. The van der Waals surface area contributed by atoms with Crippen molar-refractivity contribution in [2.75, 3.05) is 169 Å². The largest absolute Gasteiger partial charge is 0.493 e. The zero-order chi connectivity index (χ0) is 99.3. The summed E-state index contributed by atoms with van der Waals surface area (Å²) in [6.45, 7) is -2.51. The molecule has 0 atom stereocenters. The first-order chi connectivity index (χ1) is 62.7. The van der Waals surface area contributed by atoms with Gasteiger partial charge in [0.15, 0.2) is 47.3 Å². The number of amides is 16. The Morgan fingerprint density at radius 2 is 0.433 bits per heavy atom. The van der Waals surface area contributed by atoms with Crippen LogP contribution in [0.15, 0.2) is 24.3 Å². The molecule has 0 radical (unpaired) electrons. The SMILES string of the molecule is CC12N3Cc4c(OCCCCS(=O)(=O)O)ccc(OCCCCS(=O)(=O)O)c4CN1C(=O)N1CN4C(=O)N5CN6C(=O)N7CN8C(=O)N9Cc%10c(OCCCCS(=O)(=O)O)ccc(OCCCCS(=O)(=O)O)c%10CN%10C(=O)N(CN%11C(=O)N(CN%12C(=O)N(CN(C3=O)C12C)C4C%125)C6C%117)C8(C)C%109C.NC(CO)(CO)CO.NC(CO)(CO)CO.NC(CO)(CO)CO.NC(CO)(CO)CO. The van der Waals surface area contributed by atoms with Crippen LogP contribution in [-0.4, -0.2) is 478 Å². The lowest BCUT2D eigenvalue weighted by Gasteiger charge is -2.49. The highest BCUT2D eigenvalue weighted by molar-refractivity contribution is 7.86. The molecule has 0 saturated carbocycles. The second kappa shape index (κ2) is 39.7. The number of aliphatic hydroxyl groups is 12. The van der Waals surface area contributed by atoms with E-state index in [-0.39, 0.29) is 127 Å². The Labute approximate surface area is 769 Å². The summed E-state index contributed by atoms with van der Waals surface area (Å²) in [6, 6.07) is 0.751. The van der Waals surface area contributed by atoms with Crippen LogP contribution < -0.4 is 41.9 Å². The van der Waals surface area contributed by atoms with Crippen molar-refractivity contribution in [3.8, 4) is 23.0 Å². The highest BCUT2D eigenvalue weighted by atomic mass is 32.2. The fourth-order valence-corrected chi connectivity index (χ4v) is 20.3. The molecule has 56 nitrogen and oxygen atoms in total. The van der Waals surface area contributed by atoms with E-state index in [9.17, 15) is 51.9 Å². The Bertz CT molecular complexity index is 4560. The van der Waals surface area contributed by atoms with Gasteiger partial charge < -0.3 is 103 Å². The fourth-order valence-electron chi connectivity index (χ4n) is 18.0. The summed E-state index contributed by atoms with van der Waals surface area (Å²) in [5.41, 5.74) is 10.7. The number of hydrogen-bond donors (Lipinski definition) is 20. The summed E-state index contributed by atoms with van der Waals surface area (Å²) in [4.78, 5) is 147. The first-order valence-corrected chi connectivity index (χ1v) is 48.8. The Balaban J connectivity index is 0.000000462. The number of nitrogens with two attached hydrogens (primary N) is 4. The van der Waals surface area contributed by atoms with Gasteiger partial charge in [-0.2, -0.15) is 33.7 Å². The molecular weight excluding hydrogens is 1870 g/mol. The highest BCUT2D eigenvalue weighted by Crippen LogP contribution is 2.60. The minimum absolute atomic E-state index is 0.0405. The van der Waals surface area contributed by atoms with E-state index >= 15 is 38.4 Å². The van der Waals surface area contributed by atoms with Crippen molar-refractivity contribution in [2.45, 2.75) is 175 Å². The van der Waals surface area contributed by atoms with E-state index in [1.54, 1.807) is 52.0 Å². The summed E-state index contributed by atoms with van der Waals surface area (Å²) in [6.07, 6.45) is -4.21. The molecular formula is C74H120N20O36S4. The molecule has 15 rings (SSSR count). The molecule has 13 aliphatic rings. The summed E-state index contributed by atoms with van der Waals surface area (Å²) in [7, 11) is -17.1. The number of aliphatic hydroxyl groups excluding tert-OH is 12. The van der Waals surface area contributed by atoms with Gasteiger partial charge in [0.1, 0.15) is 63.0 Å². The van der Waals surface area contributed by atoms with Gasteiger partial charge in [-0.05, 0) is 103 Å². The van der Waals surface area contributed by atoms with Crippen molar-refractivity contribution in [1.29, 1.82) is 0 Å². The molecule has 0 spiro atoms. The number of carbonyl (C=O) groups is 8. The van der Waals surface area contributed by atoms with Crippen molar-refractivity contribution >= 4 is 88.7 Å². The number of urea groups is 8. The molecule has 0 aromatic heterocycles. The zero-order valence-corrected chi connectivity index (χ0v) is 77.2. The number of benzene rings is 2. The normalized spacial score (nSPS) is 24.9. The van der Waals surface area contributed by atoms with E-state index in [1.165, 1.54) is 78.4 Å². The maximum absolute atomic E-state index is 15.7. The topological polar surface area (TPSA) is 790 Å². The van der Waals surface area contributed by atoms with Crippen LogP contribution in [0.2, 0.25) is 0 Å². The molecule has 11 fully saturated rings. The van der Waals surface area contributed by atoms with Gasteiger partial charge in [0, 0.05) is 22.3 Å². The maximum Gasteiger partial charge on any atom is 0.326 e. The molecule has 756 valence electrons. The van der Waals surface area contributed by atoms with Gasteiger partial charge >= 0.3 is 48.2 Å². The summed E-state index contributed by atoms with van der Waals surface area (Å²) >= 11 is 0. The van der Waals surface area contributed by atoms with E-state index in [0.29, 0.717) is 22.3 Å². The van der Waals surface area contributed by atoms with Gasteiger partial charge in [-0.1, -0.05) is 0 Å². The fraction of sp³-hybridized carbons (Fsp3) is 0.730. The van der Waals surface area contributed by atoms with Gasteiger partial charge in [-0.15, -0.1) is 0 Å². The van der Waals surface area contributed by atoms with Crippen LogP contribution in [0.25, 0.3) is 0 Å². The van der Waals surface area contributed by atoms with Crippen LogP contribution in [0.1, 0.15) is 101 Å². The van der Waals surface area contributed by atoms with E-state index in [4.69, 9.17) is 103 Å². The third-order valence-electron chi connectivity index (χ3n) is 26.6. The number of fused-ring (bicyclic) bond motifs is 2. The van der Waals surface area contributed by atoms with E-state index in [2.05, 4.69) is 0 Å². The second-order valence-corrected chi connectivity index (χ2v) is 41.7. The molecule has 134 heavy (non-hydrogen) atoms. The zero-order valence-electron chi connectivity index (χ0n) is 73.9. The average Bonchev–Trinajstić information content (AvgIpc) is 1.49. The molecule has 2 aromatic carbocycles. The van der Waals surface area contributed by atoms with Gasteiger partial charge in [-0.3, -0.25) is 96.6 Å². The number of carbonyl (C=O) groups excluding carboxylic acids is 8. The lowest BCUT2D eigenvalue weighted by atomic mass is 9.95. The smallest absolute Gasteiger partial charge is 0.326 e. The molecule has 0 bridgehead atoms. The lowest BCUT2D eigenvalue weighted by molar-refractivity contribution is -0.0871.